The standard InChI is InChI=1S/C60H57N5O/c1-58(2,3)38-40-29-31-61-55(32-40)65-52-25-14-13-22-50(52)51-28-27-47(37-54(51)65)66-46-21-15-20-45(36-46)63-39-64(53-26-17-30-62-57(53)63)56-48(41-18-11-10-12-19-41)23-16-24-49(56)42-33-43(59(4,5)6)35-44(34-42)60(7,8)9/h10-37H,38H2,1-9H3/i10D,11D,12D,18D,19D,38D2. The van der Waals surface area contributed by atoms with Crippen LogP contribution in [0.1, 0.15) is 88.6 Å². The monoisotopic (exact) mass is 871 g/mol. The van der Waals surface area contributed by atoms with E-state index in [0.29, 0.717) is 51.0 Å². The van der Waals surface area contributed by atoms with Crippen LogP contribution in [0.4, 0.5) is 0 Å². The summed E-state index contributed by atoms with van der Waals surface area (Å²) in [7, 11) is 0. The van der Waals surface area contributed by atoms with E-state index >= 15 is 0 Å². The molecule has 0 aliphatic carbocycles. The quantitative estimate of drug-likeness (QED) is 0.113. The van der Waals surface area contributed by atoms with Crippen LogP contribution in [-0.4, -0.2) is 19.1 Å². The highest BCUT2D eigenvalue weighted by molar-refractivity contribution is 6.09. The van der Waals surface area contributed by atoms with Crippen molar-refractivity contribution in [2.45, 2.75) is 79.5 Å². The van der Waals surface area contributed by atoms with Crippen molar-refractivity contribution in [3.63, 3.8) is 0 Å². The lowest BCUT2D eigenvalue weighted by molar-refractivity contribution is -0.571. The van der Waals surface area contributed by atoms with Crippen LogP contribution in [0.3, 0.4) is 0 Å². The van der Waals surface area contributed by atoms with Gasteiger partial charge in [0.2, 0.25) is 0 Å². The molecule has 6 nitrogen and oxygen atoms in total. The Labute approximate surface area is 398 Å². The SMILES string of the molecule is [2H]c1c([2H])c([2H])c(-c2cccc(-c3cc(C(C)(C)C)cc(C(C)(C)C)c3)c2-[n+]2[c-]n(-c3cccc(Oc4ccc5c6ccccc6n(-c6cc(C([2H])([2H])C(C)(C)C)ccn6)c5c4)c3)c3ncccc32)c([2H])c1[2H]. The fourth-order valence-electron chi connectivity index (χ4n) is 8.67. The lowest BCUT2D eigenvalue weighted by Gasteiger charge is -2.27. The van der Waals surface area contributed by atoms with Crippen LogP contribution < -0.4 is 9.30 Å². The van der Waals surface area contributed by atoms with Gasteiger partial charge in [-0.25, -0.2) is 4.98 Å². The minimum absolute atomic E-state index is 0.0808. The topological polar surface area (TPSA) is 48.8 Å². The van der Waals surface area contributed by atoms with E-state index in [0.717, 1.165) is 44.1 Å². The number of para-hydroxylation sites is 2. The second kappa shape index (κ2) is 16.3. The van der Waals surface area contributed by atoms with Crippen molar-refractivity contribution in [3.05, 3.63) is 193 Å². The van der Waals surface area contributed by atoms with E-state index in [1.807, 2.05) is 127 Å². The zero-order valence-electron chi connectivity index (χ0n) is 45.9. The molecule has 10 aromatic rings. The summed E-state index contributed by atoms with van der Waals surface area (Å²) in [6.07, 6.45) is 5.39. The van der Waals surface area contributed by atoms with Gasteiger partial charge in [-0.15, -0.1) is 0 Å². The summed E-state index contributed by atoms with van der Waals surface area (Å²) in [6.45, 7) is 18.8. The molecule has 0 saturated heterocycles. The van der Waals surface area contributed by atoms with Crippen LogP contribution in [0.15, 0.2) is 170 Å². The maximum absolute atomic E-state index is 9.20. The lowest BCUT2D eigenvalue weighted by Crippen LogP contribution is -2.31. The van der Waals surface area contributed by atoms with E-state index in [-0.39, 0.29) is 28.5 Å². The summed E-state index contributed by atoms with van der Waals surface area (Å²) in [5.74, 6) is 1.72. The highest BCUT2D eigenvalue weighted by atomic mass is 16.5. The number of benzene rings is 6. The molecule has 0 amide bonds. The van der Waals surface area contributed by atoms with E-state index in [1.54, 1.807) is 18.5 Å². The second-order valence-corrected chi connectivity index (χ2v) is 20.0. The molecule has 0 N–H and O–H groups in total. The first-order valence-corrected chi connectivity index (χ1v) is 22.4. The van der Waals surface area contributed by atoms with E-state index < -0.39 is 29.9 Å². The number of imidazole rings is 1. The zero-order chi connectivity index (χ0) is 52.1. The molecular weight excluding hydrogens is 807 g/mol. The van der Waals surface area contributed by atoms with Gasteiger partial charge >= 0.3 is 0 Å². The molecular formula is C60H57N5O. The average molecular weight is 871 g/mol. The molecule has 66 heavy (non-hydrogen) atoms. The fraction of sp³-hybridized carbons (Fsp3) is 0.217. The zero-order valence-corrected chi connectivity index (χ0v) is 38.9. The van der Waals surface area contributed by atoms with E-state index in [4.69, 9.17) is 21.6 Å². The minimum atomic E-state index is -1.62. The van der Waals surface area contributed by atoms with Crippen molar-refractivity contribution in [2.24, 2.45) is 5.41 Å². The molecule has 6 heteroatoms. The highest BCUT2D eigenvalue weighted by Crippen LogP contribution is 2.40. The highest BCUT2D eigenvalue weighted by Gasteiger charge is 2.25. The number of pyridine rings is 2. The summed E-state index contributed by atoms with van der Waals surface area (Å²) < 4.78 is 74.9. The Bertz CT molecular complexity index is 3770. The molecule has 0 bridgehead atoms. The van der Waals surface area contributed by atoms with Gasteiger partial charge in [0.15, 0.2) is 5.65 Å². The van der Waals surface area contributed by atoms with Crippen LogP contribution in [0.5, 0.6) is 11.5 Å². The summed E-state index contributed by atoms with van der Waals surface area (Å²) >= 11 is 0. The van der Waals surface area contributed by atoms with Crippen LogP contribution in [0, 0.1) is 11.7 Å². The normalized spacial score (nSPS) is 14.1. The van der Waals surface area contributed by atoms with Gasteiger partial charge in [-0.05, 0) is 122 Å². The molecule has 0 atom stereocenters. The summed E-state index contributed by atoms with van der Waals surface area (Å²) in [6, 6.07) is 39.6. The van der Waals surface area contributed by atoms with Crippen LogP contribution in [-0.2, 0) is 17.2 Å². The summed E-state index contributed by atoms with van der Waals surface area (Å²) in [5, 5.41) is 2.02. The Morgan fingerprint density at radius 2 is 1.32 bits per heavy atom. The Morgan fingerprint density at radius 3 is 2.06 bits per heavy atom. The average Bonchev–Trinajstić information content (AvgIpc) is 3.90. The maximum atomic E-state index is 9.20. The number of aromatic nitrogens is 5. The molecule has 0 fully saturated rings. The van der Waals surface area contributed by atoms with Gasteiger partial charge in [0, 0.05) is 32.0 Å². The second-order valence-electron chi connectivity index (χ2n) is 20.0. The predicted molar refractivity (Wildman–Crippen MR) is 272 cm³/mol. The van der Waals surface area contributed by atoms with Crippen molar-refractivity contribution in [3.8, 4) is 50.9 Å². The van der Waals surface area contributed by atoms with Gasteiger partial charge < -0.3 is 4.74 Å². The van der Waals surface area contributed by atoms with Gasteiger partial charge in [-0.1, -0.05) is 153 Å². The molecule has 6 aromatic carbocycles. The van der Waals surface area contributed by atoms with Gasteiger partial charge in [-0.3, -0.25) is 18.7 Å². The third-order valence-electron chi connectivity index (χ3n) is 11.9. The van der Waals surface area contributed by atoms with E-state index in [2.05, 4.69) is 76.7 Å². The molecule has 4 heterocycles. The minimum Gasteiger partial charge on any atom is -0.458 e. The molecule has 4 aromatic heterocycles. The molecule has 0 unspecified atom stereocenters. The molecule has 328 valence electrons. The third kappa shape index (κ3) is 8.17. The number of hydrogen-bond acceptors (Lipinski definition) is 3. The number of rotatable bonds is 8. The van der Waals surface area contributed by atoms with Gasteiger partial charge in [0.25, 0.3) is 6.33 Å². The van der Waals surface area contributed by atoms with Crippen molar-refractivity contribution in [1.82, 2.24) is 19.1 Å². The summed E-state index contributed by atoms with van der Waals surface area (Å²) in [5.41, 5.74) is 8.26. The van der Waals surface area contributed by atoms with Crippen LogP contribution in [0.25, 0.3) is 72.4 Å². The largest absolute Gasteiger partial charge is 0.458 e. The van der Waals surface area contributed by atoms with Crippen molar-refractivity contribution >= 4 is 33.0 Å². The third-order valence-corrected chi connectivity index (χ3v) is 11.9. The van der Waals surface area contributed by atoms with Crippen molar-refractivity contribution in [1.29, 1.82) is 0 Å². The Morgan fingerprint density at radius 1 is 0.621 bits per heavy atom. The maximum Gasteiger partial charge on any atom is 0.271 e. The first-order chi connectivity index (χ1) is 34.4. The van der Waals surface area contributed by atoms with Gasteiger partial charge in [0.05, 0.1) is 29.3 Å². The Balaban J connectivity index is 1.14. The first-order valence-electron chi connectivity index (χ1n) is 25.9. The van der Waals surface area contributed by atoms with Crippen LogP contribution in [0.2, 0.25) is 0 Å². The van der Waals surface area contributed by atoms with E-state index in [1.165, 1.54) is 0 Å². The molecule has 10 rings (SSSR count). The molecule has 0 spiro atoms. The van der Waals surface area contributed by atoms with Gasteiger partial charge in [0.1, 0.15) is 22.8 Å². The van der Waals surface area contributed by atoms with E-state index in [9.17, 15) is 2.74 Å². The lowest BCUT2D eigenvalue weighted by atomic mass is 9.78. The Kier molecular flexibility index (Phi) is 8.64. The van der Waals surface area contributed by atoms with Gasteiger partial charge in [-0.2, -0.15) is 0 Å². The Hall–Kier alpha value is -7.31. The smallest absolute Gasteiger partial charge is 0.271 e. The molecule has 0 saturated carbocycles. The van der Waals surface area contributed by atoms with Crippen molar-refractivity contribution < 1.29 is 18.9 Å². The number of hydrogen-bond donors (Lipinski definition) is 0. The predicted octanol–water partition coefficient (Wildman–Crippen LogP) is 14.9. The fourth-order valence-corrected chi connectivity index (χ4v) is 8.67. The molecule has 0 aliphatic heterocycles. The van der Waals surface area contributed by atoms with Crippen LogP contribution >= 0.6 is 0 Å². The van der Waals surface area contributed by atoms with Crippen molar-refractivity contribution in [2.75, 3.05) is 0 Å². The molecule has 0 aliphatic rings. The number of ether oxygens (including phenoxy) is 1. The molecule has 0 radical (unpaired) electrons. The number of fused-ring (bicyclic) bond motifs is 4. The number of nitrogens with zero attached hydrogens (tertiary/aromatic N) is 5. The summed E-state index contributed by atoms with van der Waals surface area (Å²) in [4.78, 5) is 9.67. The first kappa shape index (κ1) is 35.0.